The summed E-state index contributed by atoms with van der Waals surface area (Å²) < 4.78 is 54.2. The molecule has 1 aromatic rings. The van der Waals surface area contributed by atoms with E-state index in [0.29, 0.717) is 22.8 Å². The Morgan fingerprint density at radius 1 is 1.05 bits per heavy atom. The third kappa shape index (κ3) is 3.02. The zero-order valence-electron chi connectivity index (χ0n) is 12.1. The molecule has 0 radical (unpaired) electrons. The predicted molar refractivity (Wildman–Crippen MR) is 71.0 cm³/mol. The van der Waals surface area contributed by atoms with Gasteiger partial charge in [-0.05, 0) is 30.5 Å². The Morgan fingerprint density at radius 3 is 1.90 bits per heavy atom. The van der Waals surface area contributed by atoms with Crippen molar-refractivity contribution in [2.75, 3.05) is 21.3 Å². The quantitative estimate of drug-likeness (QED) is 0.877. The van der Waals surface area contributed by atoms with Crippen LogP contribution in [0, 0.1) is 0 Å². The lowest BCUT2D eigenvalue weighted by Crippen LogP contribution is -2.44. The van der Waals surface area contributed by atoms with Gasteiger partial charge in [-0.3, -0.25) is 5.32 Å². The molecule has 1 N–H and O–H groups in total. The van der Waals surface area contributed by atoms with Gasteiger partial charge in [0.05, 0.1) is 21.3 Å². The molecule has 0 aromatic heterocycles. The van der Waals surface area contributed by atoms with Crippen molar-refractivity contribution in [3.8, 4) is 17.2 Å². The third-order valence-electron chi connectivity index (χ3n) is 3.65. The lowest BCUT2D eigenvalue weighted by atomic mass is 10.1. The maximum Gasteiger partial charge on any atom is 0.406 e. The first-order valence-electron chi connectivity index (χ1n) is 6.47. The van der Waals surface area contributed by atoms with Crippen LogP contribution in [0.1, 0.15) is 18.4 Å². The molecule has 0 aliphatic heterocycles. The number of benzene rings is 1. The molecule has 0 bridgehead atoms. The van der Waals surface area contributed by atoms with Gasteiger partial charge in [-0.25, -0.2) is 0 Å². The fraction of sp³-hybridized carbons (Fsp3) is 0.571. The van der Waals surface area contributed by atoms with Crippen molar-refractivity contribution in [1.82, 2.24) is 5.32 Å². The molecule has 7 heteroatoms. The average molecular weight is 305 g/mol. The van der Waals surface area contributed by atoms with Gasteiger partial charge < -0.3 is 14.2 Å². The number of alkyl halides is 3. The molecular weight excluding hydrogens is 287 g/mol. The number of rotatable bonds is 6. The van der Waals surface area contributed by atoms with Crippen molar-refractivity contribution in [1.29, 1.82) is 0 Å². The van der Waals surface area contributed by atoms with Crippen LogP contribution in [0.4, 0.5) is 13.2 Å². The molecule has 1 aromatic carbocycles. The van der Waals surface area contributed by atoms with Crippen LogP contribution in [0.15, 0.2) is 12.1 Å². The molecule has 0 saturated heterocycles. The highest BCUT2D eigenvalue weighted by Crippen LogP contribution is 2.49. The number of ether oxygens (including phenoxy) is 3. The summed E-state index contributed by atoms with van der Waals surface area (Å²) in [4.78, 5) is 0. The van der Waals surface area contributed by atoms with Crippen molar-refractivity contribution in [2.24, 2.45) is 0 Å². The Morgan fingerprint density at radius 2 is 1.57 bits per heavy atom. The van der Waals surface area contributed by atoms with Crippen LogP contribution in [0.25, 0.3) is 0 Å². The molecule has 2 rings (SSSR count). The smallest absolute Gasteiger partial charge is 0.406 e. The molecule has 0 unspecified atom stereocenters. The van der Waals surface area contributed by atoms with E-state index in [4.69, 9.17) is 14.2 Å². The van der Waals surface area contributed by atoms with Crippen LogP contribution < -0.4 is 19.5 Å². The Balaban J connectivity index is 2.18. The normalized spacial score (nSPS) is 16.5. The number of methoxy groups -OCH3 is 3. The minimum atomic E-state index is -4.23. The van der Waals surface area contributed by atoms with Crippen LogP contribution in [-0.2, 0) is 6.54 Å². The third-order valence-corrected chi connectivity index (χ3v) is 3.65. The molecule has 1 aliphatic carbocycles. The van der Waals surface area contributed by atoms with E-state index < -0.39 is 11.7 Å². The summed E-state index contributed by atoms with van der Waals surface area (Å²) in [6.45, 7) is 0.0796. The molecule has 0 atom stereocenters. The van der Waals surface area contributed by atoms with E-state index in [1.807, 2.05) is 0 Å². The summed E-state index contributed by atoms with van der Waals surface area (Å²) in [7, 11) is 4.40. The molecule has 1 saturated carbocycles. The maximum absolute atomic E-state index is 12.9. The van der Waals surface area contributed by atoms with Gasteiger partial charge in [0, 0.05) is 6.54 Å². The molecule has 0 spiro atoms. The number of hydrogen-bond donors (Lipinski definition) is 1. The van der Waals surface area contributed by atoms with Gasteiger partial charge in [0.2, 0.25) is 5.75 Å². The summed E-state index contributed by atoms with van der Waals surface area (Å²) in [5, 5.41) is 2.59. The zero-order valence-corrected chi connectivity index (χ0v) is 12.1. The van der Waals surface area contributed by atoms with Crippen molar-refractivity contribution in [2.45, 2.75) is 31.1 Å². The van der Waals surface area contributed by atoms with Crippen LogP contribution in [0.3, 0.4) is 0 Å². The number of nitrogens with one attached hydrogen (secondary N) is 1. The average Bonchev–Trinajstić information content (AvgIpc) is 3.24. The fourth-order valence-electron chi connectivity index (χ4n) is 2.19. The molecular formula is C14H18F3NO3. The van der Waals surface area contributed by atoms with E-state index in [2.05, 4.69) is 5.32 Å². The molecule has 1 aliphatic rings. The predicted octanol–water partition coefficient (Wildman–Crippen LogP) is 2.90. The van der Waals surface area contributed by atoms with Crippen LogP contribution in [0.2, 0.25) is 0 Å². The largest absolute Gasteiger partial charge is 0.493 e. The molecule has 4 nitrogen and oxygen atoms in total. The Bertz CT molecular complexity index is 488. The highest BCUT2D eigenvalue weighted by molar-refractivity contribution is 5.53. The monoisotopic (exact) mass is 305 g/mol. The summed E-state index contributed by atoms with van der Waals surface area (Å²) in [6.07, 6.45) is -4.00. The van der Waals surface area contributed by atoms with E-state index in [1.54, 1.807) is 12.1 Å². The van der Waals surface area contributed by atoms with E-state index >= 15 is 0 Å². The highest BCUT2D eigenvalue weighted by atomic mass is 19.4. The summed E-state index contributed by atoms with van der Waals surface area (Å²) in [6, 6.07) is 3.28. The van der Waals surface area contributed by atoms with E-state index in [-0.39, 0.29) is 19.4 Å². The Hall–Kier alpha value is -1.63. The van der Waals surface area contributed by atoms with Crippen LogP contribution in [-0.4, -0.2) is 33.0 Å². The Labute approximate surface area is 121 Å². The maximum atomic E-state index is 12.9. The van der Waals surface area contributed by atoms with E-state index in [0.717, 1.165) is 0 Å². The van der Waals surface area contributed by atoms with Crippen molar-refractivity contribution < 1.29 is 27.4 Å². The second-order valence-corrected chi connectivity index (χ2v) is 4.97. The van der Waals surface area contributed by atoms with Gasteiger partial charge in [0.15, 0.2) is 11.5 Å². The first-order chi connectivity index (χ1) is 9.86. The van der Waals surface area contributed by atoms with Gasteiger partial charge in [-0.2, -0.15) is 13.2 Å². The highest BCUT2D eigenvalue weighted by Gasteiger charge is 2.62. The second-order valence-electron chi connectivity index (χ2n) is 4.97. The fourth-order valence-corrected chi connectivity index (χ4v) is 2.19. The Kier molecular flexibility index (Phi) is 4.22. The van der Waals surface area contributed by atoms with Gasteiger partial charge in [-0.15, -0.1) is 0 Å². The van der Waals surface area contributed by atoms with Crippen LogP contribution >= 0.6 is 0 Å². The standard InChI is InChI=1S/C14H18F3NO3/c1-19-10-6-9(7-11(20-2)12(10)21-3)8-18-13(4-5-13)14(15,16)17/h6-7,18H,4-5,8H2,1-3H3. The van der Waals surface area contributed by atoms with Crippen LogP contribution in [0.5, 0.6) is 17.2 Å². The molecule has 21 heavy (non-hydrogen) atoms. The summed E-state index contributed by atoms with van der Waals surface area (Å²) >= 11 is 0. The van der Waals surface area contributed by atoms with Gasteiger partial charge in [0.1, 0.15) is 5.54 Å². The van der Waals surface area contributed by atoms with Crippen molar-refractivity contribution in [3.63, 3.8) is 0 Å². The minimum Gasteiger partial charge on any atom is -0.493 e. The summed E-state index contributed by atoms with van der Waals surface area (Å²) in [5.74, 6) is 1.26. The van der Waals surface area contributed by atoms with E-state index in [1.165, 1.54) is 21.3 Å². The van der Waals surface area contributed by atoms with Crippen molar-refractivity contribution in [3.05, 3.63) is 17.7 Å². The SMILES string of the molecule is COc1cc(CNC2(C(F)(F)F)CC2)cc(OC)c1OC. The minimum absolute atomic E-state index is 0.0796. The van der Waals surface area contributed by atoms with Gasteiger partial charge >= 0.3 is 6.18 Å². The van der Waals surface area contributed by atoms with Gasteiger partial charge in [0.25, 0.3) is 0 Å². The number of hydrogen-bond acceptors (Lipinski definition) is 4. The molecule has 118 valence electrons. The second kappa shape index (κ2) is 5.63. The van der Waals surface area contributed by atoms with Gasteiger partial charge in [-0.1, -0.05) is 0 Å². The first-order valence-corrected chi connectivity index (χ1v) is 6.47. The number of halogens is 3. The van der Waals surface area contributed by atoms with E-state index in [9.17, 15) is 13.2 Å². The molecule has 0 amide bonds. The topological polar surface area (TPSA) is 39.7 Å². The first kappa shape index (κ1) is 15.8. The van der Waals surface area contributed by atoms with Crippen molar-refractivity contribution >= 4 is 0 Å². The lowest BCUT2D eigenvalue weighted by Gasteiger charge is -2.21. The molecule has 0 heterocycles. The lowest BCUT2D eigenvalue weighted by molar-refractivity contribution is -0.166. The zero-order chi connectivity index (χ0) is 15.7. The molecule has 1 fully saturated rings. The summed E-state index contributed by atoms with van der Waals surface area (Å²) in [5.41, 5.74) is -1.10.